The molecule has 0 aromatic heterocycles. The molecule has 0 fully saturated rings. The Kier molecular flexibility index (Phi) is 3.98. The fraction of sp³-hybridized carbons (Fsp3) is 0.143. The highest BCUT2D eigenvalue weighted by atomic mass is 79.9. The molecule has 1 atom stereocenters. The highest BCUT2D eigenvalue weighted by Gasteiger charge is 2.02. The Morgan fingerprint density at radius 2 is 2.31 bits per heavy atom. The zero-order chi connectivity index (χ0) is 9.84. The fourth-order valence-electron chi connectivity index (χ4n) is 0.750. The average Bonchev–Trinajstić information content (AvgIpc) is 2.02. The van der Waals surface area contributed by atoms with Crippen molar-refractivity contribution in [1.29, 1.82) is 0 Å². The molecular formula is C7H5BrFO3S-. The summed E-state index contributed by atoms with van der Waals surface area (Å²) in [5.74, 6) is -0.500. The van der Waals surface area contributed by atoms with Crippen LogP contribution in [-0.4, -0.2) is 8.76 Å². The van der Waals surface area contributed by atoms with Crippen LogP contribution in [0, 0.1) is 5.82 Å². The molecule has 0 amide bonds. The van der Waals surface area contributed by atoms with Gasteiger partial charge in [0.05, 0.1) is 18.0 Å². The van der Waals surface area contributed by atoms with E-state index in [0.717, 1.165) is 0 Å². The van der Waals surface area contributed by atoms with Gasteiger partial charge in [-0.3, -0.25) is 4.18 Å². The summed E-state index contributed by atoms with van der Waals surface area (Å²) < 4.78 is 37.8. The highest BCUT2D eigenvalue weighted by molar-refractivity contribution is 9.10. The SMILES string of the molecule is O=S([O-])OCc1ccc(Br)cc1F. The van der Waals surface area contributed by atoms with Crippen LogP contribution in [0.15, 0.2) is 22.7 Å². The van der Waals surface area contributed by atoms with Crippen LogP contribution in [0.4, 0.5) is 4.39 Å². The van der Waals surface area contributed by atoms with Gasteiger partial charge in [-0.2, -0.15) is 0 Å². The Bertz CT molecular complexity index is 332. The van der Waals surface area contributed by atoms with Gasteiger partial charge in [-0.05, 0) is 12.1 Å². The molecule has 0 aliphatic heterocycles. The van der Waals surface area contributed by atoms with Gasteiger partial charge < -0.3 is 4.55 Å². The van der Waals surface area contributed by atoms with Crippen molar-refractivity contribution in [3.8, 4) is 0 Å². The first kappa shape index (κ1) is 10.8. The molecule has 0 bridgehead atoms. The molecule has 0 aliphatic rings. The van der Waals surface area contributed by atoms with E-state index in [0.29, 0.717) is 4.47 Å². The topological polar surface area (TPSA) is 49.4 Å². The number of benzene rings is 1. The summed E-state index contributed by atoms with van der Waals surface area (Å²) in [4.78, 5) is 0. The van der Waals surface area contributed by atoms with Crippen molar-refractivity contribution < 1.29 is 17.3 Å². The molecular weight excluding hydrogens is 263 g/mol. The minimum absolute atomic E-state index is 0.201. The lowest BCUT2D eigenvalue weighted by Gasteiger charge is -2.06. The van der Waals surface area contributed by atoms with Crippen molar-refractivity contribution in [2.24, 2.45) is 0 Å². The molecule has 1 rings (SSSR count). The Hall–Kier alpha value is -0.300. The van der Waals surface area contributed by atoms with E-state index in [1.165, 1.54) is 12.1 Å². The Labute approximate surface area is 85.5 Å². The third-order valence-electron chi connectivity index (χ3n) is 1.33. The van der Waals surface area contributed by atoms with Crippen molar-refractivity contribution in [2.45, 2.75) is 6.61 Å². The fourth-order valence-corrected chi connectivity index (χ4v) is 1.31. The van der Waals surface area contributed by atoms with E-state index in [1.54, 1.807) is 6.07 Å². The van der Waals surface area contributed by atoms with Crippen molar-refractivity contribution in [3.05, 3.63) is 34.1 Å². The van der Waals surface area contributed by atoms with Crippen LogP contribution in [0.5, 0.6) is 0 Å². The van der Waals surface area contributed by atoms with Crippen LogP contribution < -0.4 is 0 Å². The van der Waals surface area contributed by atoms with Crippen LogP contribution in [0.25, 0.3) is 0 Å². The van der Waals surface area contributed by atoms with Crippen molar-refractivity contribution in [1.82, 2.24) is 0 Å². The Balaban J connectivity index is 2.72. The van der Waals surface area contributed by atoms with E-state index < -0.39 is 17.2 Å². The molecule has 0 saturated heterocycles. The molecule has 13 heavy (non-hydrogen) atoms. The predicted molar refractivity (Wildman–Crippen MR) is 47.8 cm³/mol. The Morgan fingerprint density at radius 1 is 1.62 bits per heavy atom. The maximum atomic E-state index is 13.0. The summed E-state index contributed by atoms with van der Waals surface area (Å²) in [6, 6.07) is 4.30. The second kappa shape index (κ2) is 4.80. The maximum Gasteiger partial charge on any atom is 0.129 e. The summed E-state index contributed by atoms with van der Waals surface area (Å²) in [5, 5.41) is 0. The van der Waals surface area contributed by atoms with Gasteiger partial charge in [0.25, 0.3) is 0 Å². The largest absolute Gasteiger partial charge is 0.750 e. The van der Waals surface area contributed by atoms with Crippen LogP contribution in [-0.2, 0) is 22.2 Å². The second-order valence-electron chi connectivity index (χ2n) is 2.20. The van der Waals surface area contributed by atoms with Gasteiger partial charge in [0.15, 0.2) is 0 Å². The zero-order valence-electron chi connectivity index (χ0n) is 6.33. The van der Waals surface area contributed by atoms with Gasteiger partial charge in [-0.15, -0.1) is 0 Å². The Morgan fingerprint density at radius 3 is 2.85 bits per heavy atom. The molecule has 0 aliphatic carbocycles. The highest BCUT2D eigenvalue weighted by Crippen LogP contribution is 2.15. The molecule has 1 aromatic carbocycles. The summed E-state index contributed by atoms with van der Waals surface area (Å²) in [6.07, 6.45) is 0. The molecule has 3 nitrogen and oxygen atoms in total. The molecule has 0 saturated carbocycles. The summed E-state index contributed by atoms with van der Waals surface area (Å²) in [7, 11) is 0. The summed E-state index contributed by atoms with van der Waals surface area (Å²) in [6.45, 7) is -0.283. The number of halogens is 2. The molecule has 1 aromatic rings. The van der Waals surface area contributed by atoms with Gasteiger partial charge in [-0.1, -0.05) is 22.0 Å². The second-order valence-corrected chi connectivity index (χ2v) is 3.76. The number of hydrogen-bond acceptors (Lipinski definition) is 3. The van der Waals surface area contributed by atoms with Crippen molar-refractivity contribution in [3.63, 3.8) is 0 Å². The maximum absolute atomic E-state index is 13.0. The first-order chi connectivity index (χ1) is 6.09. The lowest BCUT2D eigenvalue weighted by Crippen LogP contribution is -1.98. The van der Waals surface area contributed by atoms with E-state index in [2.05, 4.69) is 20.1 Å². The average molecular weight is 268 g/mol. The van der Waals surface area contributed by atoms with E-state index in [1.807, 2.05) is 0 Å². The minimum Gasteiger partial charge on any atom is -0.750 e. The molecule has 0 spiro atoms. The first-order valence-electron chi connectivity index (χ1n) is 3.26. The van der Waals surface area contributed by atoms with E-state index >= 15 is 0 Å². The van der Waals surface area contributed by atoms with Gasteiger partial charge in [-0.25, -0.2) is 8.60 Å². The van der Waals surface area contributed by atoms with E-state index in [-0.39, 0.29) is 12.2 Å². The number of hydrogen-bond donors (Lipinski definition) is 0. The van der Waals surface area contributed by atoms with Crippen LogP contribution >= 0.6 is 15.9 Å². The van der Waals surface area contributed by atoms with Crippen LogP contribution in [0.2, 0.25) is 0 Å². The first-order valence-corrected chi connectivity index (χ1v) is 5.05. The smallest absolute Gasteiger partial charge is 0.129 e. The zero-order valence-corrected chi connectivity index (χ0v) is 8.73. The van der Waals surface area contributed by atoms with Crippen molar-refractivity contribution >= 4 is 27.3 Å². The van der Waals surface area contributed by atoms with Crippen LogP contribution in [0.1, 0.15) is 5.56 Å². The third-order valence-corrected chi connectivity index (χ3v) is 2.13. The monoisotopic (exact) mass is 267 g/mol. The van der Waals surface area contributed by atoms with E-state index in [4.69, 9.17) is 0 Å². The molecule has 6 heteroatoms. The molecule has 1 unspecified atom stereocenters. The molecule has 0 radical (unpaired) electrons. The van der Waals surface area contributed by atoms with Crippen molar-refractivity contribution in [2.75, 3.05) is 0 Å². The molecule has 0 heterocycles. The summed E-state index contributed by atoms with van der Waals surface area (Å²) >= 11 is 0.466. The van der Waals surface area contributed by atoms with Gasteiger partial charge in [0, 0.05) is 10.0 Å². The standard InChI is InChI=1S/C7H6BrFO3S/c8-6-2-1-5(7(9)3-6)4-12-13(10)11/h1-3H,4H2,(H,10,11)/p-1. The quantitative estimate of drug-likeness (QED) is 0.786. The lowest BCUT2D eigenvalue weighted by molar-refractivity contribution is 0.286. The van der Waals surface area contributed by atoms with Crippen LogP contribution in [0.3, 0.4) is 0 Å². The predicted octanol–water partition coefficient (Wildman–Crippen LogP) is 1.90. The van der Waals surface area contributed by atoms with E-state index in [9.17, 15) is 13.2 Å². The minimum atomic E-state index is -2.61. The van der Waals surface area contributed by atoms with Gasteiger partial charge in [0.2, 0.25) is 0 Å². The normalized spacial score (nSPS) is 12.8. The number of rotatable bonds is 3. The van der Waals surface area contributed by atoms with Gasteiger partial charge >= 0.3 is 0 Å². The lowest BCUT2D eigenvalue weighted by atomic mass is 10.2. The molecule has 72 valence electrons. The van der Waals surface area contributed by atoms with Gasteiger partial charge in [0.1, 0.15) is 5.82 Å². The molecule has 0 N–H and O–H groups in total. The third kappa shape index (κ3) is 3.51. The summed E-state index contributed by atoms with van der Waals surface area (Å²) in [5.41, 5.74) is 0.201.